The van der Waals surface area contributed by atoms with Gasteiger partial charge < -0.3 is 9.31 Å². The van der Waals surface area contributed by atoms with E-state index in [1.807, 2.05) is 59.1 Å². The van der Waals surface area contributed by atoms with Crippen molar-refractivity contribution in [2.75, 3.05) is 0 Å². The van der Waals surface area contributed by atoms with Gasteiger partial charge in [-0.25, -0.2) is 19.9 Å². The molecule has 0 amide bonds. The van der Waals surface area contributed by atoms with Gasteiger partial charge in [-0.3, -0.25) is 8.80 Å². The van der Waals surface area contributed by atoms with E-state index >= 15 is 0 Å². The second kappa shape index (κ2) is 28.9. The molecule has 20 aromatic rings. The predicted molar refractivity (Wildman–Crippen MR) is 488 cm³/mol. The lowest BCUT2D eigenvalue weighted by Gasteiger charge is -2.34. The Morgan fingerprint density at radius 1 is 0.271 bits per heavy atom. The van der Waals surface area contributed by atoms with Crippen molar-refractivity contribution in [2.45, 2.75) is 49.7 Å². The molecular weight excluding hydrogens is 1500 g/mol. The summed E-state index contributed by atoms with van der Waals surface area (Å²) in [6.07, 6.45) is 4.10. The lowest BCUT2D eigenvalue weighted by Crippen LogP contribution is -2.41. The van der Waals surface area contributed by atoms with Crippen molar-refractivity contribution in [3.63, 3.8) is 0 Å². The molecule has 10 heteroatoms. The third kappa shape index (κ3) is 11.7. The number of imidazole rings is 2. The molecule has 23 rings (SSSR count). The van der Waals surface area contributed by atoms with Gasteiger partial charge in [0.1, 0.15) is 21.6 Å². The molecule has 118 heavy (non-hydrogen) atoms. The number of pyridine rings is 4. The average Bonchev–Trinajstić information content (AvgIpc) is 1.54. The number of hydrogen-bond donors (Lipinski definition) is 0. The van der Waals surface area contributed by atoms with Gasteiger partial charge in [-0.2, -0.15) is 0 Å². The zero-order valence-corrected chi connectivity index (χ0v) is 67.1. The second-order valence-corrected chi connectivity index (χ2v) is 32.6. The van der Waals surface area contributed by atoms with Crippen molar-refractivity contribution in [2.24, 2.45) is 0 Å². The van der Waals surface area contributed by atoms with Crippen molar-refractivity contribution >= 4 is 83.2 Å². The third-order valence-corrected chi connectivity index (χ3v) is 25.6. The summed E-state index contributed by atoms with van der Waals surface area (Å²) in [5.41, 5.74) is 28.8. The van der Waals surface area contributed by atoms with Crippen LogP contribution in [0.3, 0.4) is 0 Å². The van der Waals surface area contributed by atoms with E-state index in [1.54, 1.807) is 0 Å². The van der Waals surface area contributed by atoms with Crippen LogP contribution in [-0.2, 0) is 20.1 Å². The summed E-state index contributed by atoms with van der Waals surface area (Å²) in [7, 11) is -0.413. The zero-order valence-electron chi connectivity index (χ0n) is 65.6. The van der Waals surface area contributed by atoms with Gasteiger partial charge in [0.05, 0.1) is 55.8 Å². The lowest BCUT2D eigenvalue weighted by molar-refractivity contribution is 0.00578. The number of para-hydroxylation sites is 2. The Kier molecular flexibility index (Phi) is 17.6. The van der Waals surface area contributed by atoms with Crippen LogP contribution in [0.2, 0.25) is 0 Å². The molecule has 0 bridgehead atoms. The fourth-order valence-corrected chi connectivity index (χ4v) is 19.2. The lowest BCUT2D eigenvalue weighted by atomic mass is 9.67. The monoisotopic (exact) mass is 1580 g/mol. The molecule has 0 N–H and O–H groups in total. The Labute approximate surface area is 694 Å². The van der Waals surface area contributed by atoms with Crippen molar-refractivity contribution in [3.05, 3.63) is 450 Å². The molecule has 0 unspecified atom stereocenters. The second-order valence-electron chi connectivity index (χ2n) is 31.8. The van der Waals surface area contributed by atoms with Crippen molar-refractivity contribution in [1.82, 2.24) is 28.7 Å². The fraction of sp³-hybridized carbons (Fsp3) is 0.0741. The van der Waals surface area contributed by atoms with Crippen LogP contribution in [0, 0.1) is 0 Å². The number of aromatic nitrogens is 6. The molecule has 562 valence electrons. The van der Waals surface area contributed by atoms with Crippen molar-refractivity contribution in [3.8, 4) is 78.5 Å². The molecule has 14 aromatic carbocycles. The number of nitrogens with zero attached hydrogens (tertiary/aromatic N) is 6. The molecule has 6 aromatic heterocycles. The van der Waals surface area contributed by atoms with Crippen molar-refractivity contribution < 1.29 is 9.31 Å². The first-order valence-corrected chi connectivity index (χ1v) is 41.2. The molecule has 0 atom stereocenters. The minimum Gasteiger partial charge on any atom is -0.399 e. The summed E-state index contributed by atoms with van der Waals surface area (Å²) in [6, 6.07) is 139. The summed E-state index contributed by atoms with van der Waals surface area (Å²) in [6.45, 7) is 8.37. The fourth-order valence-electron chi connectivity index (χ4n) is 18.6. The van der Waals surface area contributed by atoms with Crippen molar-refractivity contribution in [1.29, 1.82) is 0 Å². The van der Waals surface area contributed by atoms with Crippen LogP contribution in [0.1, 0.15) is 72.2 Å². The largest absolute Gasteiger partial charge is 0.494 e. The SMILES string of the molecule is Brc1c(-c2ccccc2)nc2ccccn12.CC1(C)OB(c2ccc(-c3nc4ccccc4c4cc5c(cc34)C(c3ccccc3)(c3ccccc3)c3ccccc3-5)cc2)OC1(C)C.c1ccc(-c2nc3ccccn3c2-c2ccc(-c3nc4ccccc4c4cc5c(cc34)C(c3ccccc3)(c3ccccc3)c3ccccc3-5)cc2)cc1. The van der Waals surface area contributed by atoms with Crippen LogP contribution in [0.5, 0.6) is 0 Å². The van der Waals surface area contributed by atoms with Crippen LogP contribution in [0.15, 0.2) is 405 Å². The minimum absolute atomic E-state index is 0.394. The molecule has 0 radical (unpaired) electrons. The maximum absolute atomic E-state index is 6.37. The summed E-state index contributed by atoms with van der Waals surface area (Å²) in [5.74, 6) is 0. The number of rotatable bonds is 10. The van der Waals surface area contributed by atoms with E-state index in [1.165, 1.54) is 77.5 Å². The third-order valence-electron chi connectivity index (χ3n) is 24.8. The van der Waals surface area contributed by atoms with E-state index in [9.17, 15) is 0 Å². The van der Waals surface area contributed by atoms with Gasteiger partial charge in [0.25, 0.3) is 0 Å². The Bertz CT molecular complexity index is 7150. The van der Waals surface area contributed by atoms with E-state index in [-0.39, 0.29) is 0 Å². The van der Waals surface area contributed by atoms with Crippen LogP contribution < -0.4 is 5.46 Å². The Hall–Kier alpha value is -13.7. The zero-order chi connectivity index (χ0) is 79.3. The molecule has 7 heterocycles. The van der Waals surface area contributed by atoms with Gasteiger partial charge in [0.2, 0.25) is 0 Å². The molecule has 1 saturated heterocycles. The van der Waals surface area contributed by atoms with E-state index in [0.29, 0.717) is 0 Å². The number of halogens is 1. The maximum Gasteiger partial charge on any atom is 0.494 e. The highest BCUT2D eigenvalue weighted by atomic mass is 79.9. The summed E-state index contributed by atoms with van der Waals surface area (Å²) in [5, 5.41) is 7.00. The summed E-state index contributed by atoms with van der Waals surface area (Å²) >= 11 is 3.59. The standard InChI is InChI=1S/C51H33N3.C44H36BNO2.C13H9BrN2/c1-4-16-34(17-5-1)49-50(54-31-15-14-26-47(54)53-49)36-29-27-35(28-30-36)48-43-33-45-42(32-41(43)40-23-11-13-25-46(40)52-48)39-22-10-12-24-44(39)51(45,37-18-6-2-7-19-37)38-20-8-3-9-21-38;1-42(2)43(3,4)48-45(47-42)32-25-23-29(24-26-32)41-37-28-39-36(27-35(37)34-20-12-14-22-40(34)46-41)33-19-11-13-21-38(33)44(39,30-15-7-5-8-16-30)31-17-9-6-10-18-31;14-13-12(10-6-2-1-3-7-10)15-11-8-4-5-9-16(11)13/h1-33H;5-28H,1-4H3;1-9H. The number of benzene rings is 14. The molecular formula is C108H78BBrN6O2. The predicted octanol–water partition coefficient (Wildman–Crippen LogP) is 25.9. The van der Waals surface area contributed by atoms with E-state index < -0.39 is 29.2 Å². The first-order chi connectivity index (χ1) is 57.9. The van der Waals surface area contributed by atoms with Gasteiger partial charge in [-0.05, 0) is 187 Å². The van der Waals surface area contributed by atoms with E-state index in [4.69, 9.17) is 24.3 Å². The molecule has 3 aliphatic rings. The molecule has 0 spiro atoms. The quantitative estimate of drug-likeness (QED) is 0.100. The normalized spacial score (nSPS) is 14.3. The Morgan fingerprint density at radius 2 is 0.619 bits per heavy atom. The highest BCUT2D eigenvalue weighted by Crippen LogP contribution is 2.60. The topological polar surface area (TPSA) is 78.8 Å². The van der Waals surface area contributed by atoms with Gasteiger partial charge >= 0.3 is 7.12 Å². The number of hydrogen-bond acceptors (Lipinski definition) is 6. The molecule has 8 nitrogen and oxygen atoms in total. The Balaban J connectivity index is 0.000000124. The van der Waals surface area contributed by atoms with Gasteiger partial charge in [-0.15, -0.1) is 0 Å². The van der Waals surface area contributed by atoms with Crippen LogP contribution in [-0.4, -0.2) is 47.1 Å². The highest BCUT2D eigenvalue weighted by molar-refractivity contribution is 9.10. The maximum atomic E-state index is 6.37. The van der Waals surface area contributed by atoms with Crippen LogP contribution in [0.25, 0.3) is 133 Å². The average molecular weight is 1580 g/mol. The van der Waals surface area contributed by atoms with E-state index in [0.717, 1.165) is 110 Å². The Morgan fingerprint density at radius 3 is 1.07 bits per heavy atom. The van der Waals surface area contributed by atoms with Gasteiger partial charge in [0.15, 0.2) is 0 Å². The molecule has 1 fully saturated rings. The molecule has 1 aliphatic heterocycles. The first-order valence-electron chi connectivity index (χ1n) is 40.4. The first kappa shape index (κ1) is 72.0. The molecule has 2 aliphatic carbocycles. The van der Waals surface area contributed by atoms with Gasteiger partial charge in [-0.1, -0.05) is 328 Å². The summed E-state index contributed by atoms with van der Waals surface area (Å²) < 4.78 is 18.0. The highest BCUT2D eigenvalue weighted by Gasteiger charge is 2.52. The minimum atomic E-state index is -0.494. The van der Waals surface area contributed by atoms with Gasteiger partial charge in [0, 0.05) is 61.8 Å². The number of fused-ring (bicyclic) bond motifs is 14. The van der Waals surface area contributed by atoms with Crippen LogP contribution in [0.4, 0.5) is 0 Å². The van der Waals surface area contributed by atoms with Crippen LogP contribution >= 0.6 is 15.9 Å². The summed E-state index contributed by atoms with van der Waals surface area (Å²) in [4.78, 5) is 20.5. The van der Waals surface area contributed by atoms with E-state index in [2.05, 4.69) is 399 Å². The smallest absolute Gasteiger partial charge is 0.399 e. The molecule has 0 saturated carbocycles.